The minimum atomic E-state index is -4.63. The largest absolute Gasteiger partial charge is 0.478 e. The van der Waals surface area contributed by atoms with E-state index in [1.807, 2.05) is 11.8 Å². The van der Waals surface area contributed by atoms with E-state index in [0.717, 1.165) is 18.6 Å². The first-order chi connectivity index (χ1) is 11.6. The molecule has 1 aliphatic heterocycles. The Morgan fingerprint density at radius 3 is 2.15 bits per heavy atom. The Labute approximate surface area is 147 Å². The molecule has 2 rings (SSSR count). The van der Waals surface area contributed by atoms with Gasteiger partial charge in [0.15, 0.2) is 0 Å². The van der Waals surface area contributed by atoms with Crippen LogP contribution >= 0.6 is 0 Å². The van der Waals surface area contributed by atoms with Crippen molar-refractivity contribution in [3.05, 3.63) is 41.2 Å². The van der Waals surface area contributed by atoms with E-state index in [0.29, 0.717) is 42.9 Å². The fraction of sp³-hybridized carbons (Fsp3) is 0.375. The number of nitrogens with zero attached hydrogens (tertiary/aromatic N) is 1. The molecule has 0 atom stereocenters. The van der Waals surface area contributed by atoms with Crippen molar-refractivity contribution in [3.63, 3.8) is 0 Å². The van der Waals surface area contributed by atoms with Gasteiger partial charge in [-0.15, -0.1) is 0 Å². The van der Waals surface area contributed by atoms with Gasteiger partial charge in [-0.2, -0.15) is 13.2 Å². The minimum absolute atomic E-state index is 0. The van der Waals surface area contributed by atoms with Crippen molar-refractivity contribution in [2.45, 2.75) is 25.9 Å². The number of alkyl halides is 3. The maximum absolute atomic E-state index is 13.3. The molecular formula is C16H20F4N2O4. The summed E-state index contributed by atoms with van der Waals surface area (Å²) in [5.41, 5.74) is 0.0313. The summed E-state index contributed by atoms with van der Waals surface area (Å²) in [7, 11) is 0. The van der Waals surface area contributed by atoms with Crippen molar-refractivity contribution in [2.24, 2.45) is 0 Å². The highest BCUT2D eigenvalue weighted by Crippen LogP contribution is 2.38. The van der Waals surface area contributed by atoms with Crippen molar-refractivity contribution in [1.29, 1.82) is 0 Å². The summed E-state index contributed by atoms with van der Waals surface area (Å²) >= 11 is 0. The standard InChI is InChI=1S/C12H13F4N.C4H4O4.H3N/c1-2-4-17-5-3-8-6-10(13)9(7-11(8)17)12(14,15)16;5-3(6)1-2-4(7)8;/h6-7H,2-5H2,1H3;1-2H,(H,5,6)(H,7,8);1H3. The van der Waals surface area contributed by atoms with Gasteiger partial charge in [0.1, 0.15) is 5.82 Å². The van der Waals surface area contributed by atoms with Gasteiger partial charge in [0.2, 0.25) is 0 Å². The summed E-state index contributed by atoms with van der Waals surface area (Å²) in [5.74, 6) is -3.69. The highest BCUT2D eigenvalue weighted by atomic mass is 19.4. The van der Waals surface area contributed by atoms with Crippen LogP contribution in [-0.2, 0) is 22.2 Å². The molecule has 0 unspecified atom stereocenters. The molecule has 146 valence electrons. The Morgan fingerprint density at radius 1 is 1.19 bits per heavy atom. The summed E-state index contributed by atoms with van der Waals surface area (Å²) in [6, 6.07) is 1.96. The highest BCUT2D eigenvalue weighted by Gasteiger charge is 2.36. The number of carboxylic acid groups (broad SMARTS) is 2. The van der Waals surface area contributed by atoms with Gasteiger partial charge in [0.05, 0.1) is 5.56 Å². The molecule has 0 bridgehead atoms. The van der Waals surface area contributed by atoms with E-state index in [9.17, 15) is 27.2 Å². The van der Waals surface area contributed by atoms with Crippen LogP contribution in [0.1, 0.15) is 24.5 Å². The number of rotatable bonds is 4. The predicted octanol–water partition coefficient (Wildman–Crippen LogP) is 3.49. The smallest absolute Gasteiger partial charge is 0.419 e. The monoisotopic (exact) mass is 380 g/mol. The molecule has 0 amide bonds. The van der Waals surface area contributed by atoms with Crippen molar-refractivity contribution in [2.75, 3.05) is 18.0 Å². The SMILES string of the molecule is CCCN1CCc2cc(F)c(C(F)(F)F)cc21.N.O=C(O)C=CC(=O)O. The number of anilines is 1. The van der Waals surface area contributed by atoms with E-state index in [2.05, 4.69) is 0 Å². The molecule has 0 saturated heterocycles. The molecule has 0 aliphatic carbocycles. The number of halogens is 4. The molecule has 0 radical (unpaired) electrons. The van der Waals surface area contributed by atoms with Gasteiger partial charge < -0.3 is 21.3 Å². The van der Waals surface area contributed by atoms with Gasteiger partial charge in [0, 0.05) is 30.9 Å². The third kappa shape index (κ3) is 6.71. The quantitative estimate of drug-likeness (QED) is 0.544. The molecule has 6 nitrogen and oxygen atoms in total. The average Bonchev–Trinajstić information content (AvgIpc) is 2.86. The van der Waals surface area contributed by atoms with E-state index >= 15 is 0 Å². The molecule has 0 fully saturated rings. The van der Waals surface area contributed by atoms with E-state index in [1.54, 1.807) is 0 Å². The summed E-state index contributed by atoms with van der Waals surface area (Å²) in [5, 5.41) is 15.6. The van der Waals surface area contributed by atoms with Crippen LogP contribution in [0, 0.1) is 5.82 Å². The zero-order valence-electron chi connectivity index (χ0n) is 14.0. The first-order valence-corrected chi connectivity index (χ1v) is 7.34. The molecule has 1 aromatic rings. The summed E-state index contributed by atoms with van der Waals surface area (Å²) in [4.78, 5) is 21.0. The van der Waals surface area contributed by atoms with Gasteiger partial charge in [-0.05, 0) is 30.5 Å². The van der Waals surface area contributed by atoms with Crippen LogP contribution in [-0.4, -0.2) is 35.2 Å². The third-order valence-electron chi connectivity index (χ3n) is 3.33. The van der Waals surface area contributed by atoms with Gasteiger partial charge in [0.25, 0.3) is 0 Å². The van der Waals surface area contributed by atoms with Crippen LogP contribution in [0.25, 0.3) is 0 Å². The molecule has 0 aromatic heterocycles. The number of carbonyl (C=O) groups is 2. The van der Waals surface area contributed by atoms with Crippen LogP contribution in [0.15, 0.2) is 24.3 Å². The molecule has 1 aromatic carbocycles. The van der Waals surface area contributed by atoms with Crippen molar-refractivity contribution < 1.29 is 37.4 Å². The number of hydrogen-bond acceptors (Lipinski definition) is 4. The van der Waals surface area contributed by atoms with Crippen molar-refractivity contribution >= 4 is 17.6 Å². The fourth-order valence-electron chi connectivity index (χ4n) is 2.34. The molecule has 0 saturated carbocycles. The first-order valence-electron chi connectivity index (χ1n) is 7.34. The Hall–Kier alpha value is -2.62. The average molecular weight is 380 g/mol. The third-order valence-corrected chi connectivity index (χ3v) is 3.33. The topological polar surface area (TPSA) is 113 Å². The van der Waals surface area contributed by atoms with Gasteiger partial charge >= 0.3 is 18.1 Å². The second-order valence-electron chi connectivity index (χ2n) is 5.21. The highest BCUT2D eigenvalue weighted by molar-refractivity contribution is 5.89. The lowest BCUT2D eigenvalue weighted by Gasteiger charge is -2.19. The van der Waals surface area contributed by atoms with Crippen LogP contribution in [0.3, 0.4) is 0 Å². The van der Waals surface area contributed by atoms with Gasteiger partial charge in [-0.25, -0.2) is 14.0 Å². The molecule has 26 heavy (non-hydrogen) atoms. The van der Waals surface area contributed by atoms with Gasteiger partial charge in [-0.1, -0.05) is 6.92 Å². The Kier molecular flexibility index (Phi) is 8.77. The zero-order valence-corrected chi connectivity index (χ0v) is 14.0. The van der Waals surface area contributed by atoms with Crippen LogP contribution in [0.5, 0.6) is 0 Å². The van der Waals surface area contributed by atoms with E-state index in [4.69, 9.17) is 10.2 Å². The molecular weight excluding hydrogens is 360 g/mol. The maximum atomic E-state index is 13.3. The van der Waals surface area contributed by atoms with E-state index in [-0.39, 0.29) is 6.15 Å². The molecule has 0 spiro atoms. The fourth-order valence-corrected chi connectivity index (χ4v) is 2.34. The summed E-state index contributed by atoms with van der Waals surface area (Å²) in [6.45, 7) is 3.34. The molecule has 5 N–H and O–H groups in total. The Balaban J connectivity index is 0.000000597. The Bertz CT molecular complexity index is 659. The normalized spacial score (nSPS) is 12.9. The Morgan fingerprint density at radius 2 is 1.73 bits per heavy atom. The lowest BCUT2D eigenvalue weighted by molar-refractivity contribution is -0.140. The number of benzene rings is 1. The van der Waals surface area contributed by atoms with Crippen LogP contribution in [0.4, 0.5) is 23.2 Å². The minimum Gasteiger partial charge on any atom is -0.478 e. The van der Waals surface area contributed by atoms with Crippen LogP contribution in [0.2, 0.25) is 0 Å². The summed E-state index contributed by atoms with van der Waals surface area (Å²) < 4.78 is 51.0. The molecule has 1 heterocycles. The second-order valence-corrected chi connectivity index (χ2v) is 5.21. The second kappa shape index (κ2) is 9.76. The zero-order chi connectivity index (χ0) is 19.2. The number of fused-ring (bicyclic) bond motifs is 1. The number of hydrogen-bond donors (Lipinski definition) is 3. The van der Waals surface area contributed by atoms with Gasteiger partial charge in [-0.3, -0.25) is 0 Å². The summed E-state index contributed by atoms with van der Waals surface area (Å²) in [6.07, 6.45) is -2.03. The van der Waals surface area contributed by atoms with Crippen molar-refractivity contribution in [1.82, 2.24) is 6.15 Å². The maximum Gasteiger partial charge on any atom is 0.419 e. The lowest BCUT2D eigenvalue weighted by Crippen LogP contribution is -2.21. The van der Waals surface area contributed by atoms with Crippen molar-refractivity contribution in [3.8, 4) is 0 Å². The van der Waals surface area contributed by atoms with E-state index < -0.39 is 29.5 Å². The number of carboxylic acids is 2. The van der Waals surface area contributed by atoms with Crippen LogP contribution < -0.4 is 11.1 Å². The lowest BCUT2D eigenvalue weighted by atomic mass is 10.1. The first kappa shape index (κ1) is 23.4. The number of aliphatic carboxylic acids is 2. The van der Waals surface area contributed by atoms with E-state index in [1.165, 1.54) is 0 Å². The molecule has 1 aliphatic rings. The predicted molar refractivity (Wildman–Crippen MR) is 87.0 cm³/mol. The molecule has 10 heteroatoms.